The molecular formula is C16H17N3O5S. The molecule has 0 saturated heterocycles. The predicted octanol–water partition coefficient (Wildman–Crippen LogP) is 1.43. The van der Waals surface area contributed by atoms with Crippen molar-refractivity contribution >= 4 is 29.3 Å². The molecule has 0 fully saturated rings. The largest absolute Gasteiger partial charge is 0.465 e. The maximum Gasteiger partial charge on any atom is 0.337 e. The first-order chi connectivity index (χ1) is 12.0. The van der Waals surface area contributed by atoms with E-state index in [1.54, 1.807) is 24.3 Å². The smallest absolute Gasteiger partial charge is 0.337 e. The van der Waals surface area contributed by atoms with E-state index in [1.807, 2.05) is 0 Å². The van der Waals surface area contributed by atoms with Gasteiger partial charge in [-0.05, 0) is 24.3 Å². The van der Waals surface area contributed by atoms with Gasteiger partial charge in [-0.15, -0.1) is 0 Å². The molecule has 0 spiro atoms. The highest BCUT2D eigenvalue weighted by Crippen LogP contribution is 2.14. The number of H-pyrrole nitrogens is 1. The number of ether oxygens (including phenoxy) is 2. The van der Waals surface area contributed by atoms with Crippen molar-refractivity contribution in [3.8, 4) is 0 Å². The molecule has 0 aliphatic carbocycles. The maximum absolute atomic E-state index is 12.0. The van der Waals surface area contributed by atoms with Crippen LogP contribution in [0.4, 0.5) is 5.69 Å². The summed E-state index contributed by atoms with van der Waals surface area (Å²) in [6.07, 6.45) is 0. The number of rotatable bonds is 7. The number of carbonyl (C=O) groups excluding carboxylic acids is 2. The van der Waals surface area contributed by atoms with E-state index in [0.717, 1.165) is 11.8 Å². The van der Waals surface area contributed by atoms with Crippen LogP contribution in [0.2, 0.25) is 0 Å². The Balaban J connectivity index is 1.92. The summed E-state index contributed by atoms with van der Waals surface area (Å²) in [6.45, 7) is 0.218. The molecule has 132 valence electrons. The van der Waals surface area contributed by atoms with Crippen LogP contribution in [0, 0.1) is 0 Å². The molecule has 0 saturated carbocycles. The molecule has 0 radical (unpaired) electrons. The maximum atomic E-state index is 12.0. The number of aromatic amines is 1. The second-order valence-electron chi connectivity index (χ2n) is 4.88. The van der Waals surface area contributed by atoms with Crippen LogP contribution in [0.5, 0.6) is 0 Å². The van der Waals surface area contributed by atoms with E-state index in [1.165, 1.54) is 20.3 Å². The lowest BCUT2D eigenvalue weighted by molar-refractivity contribution is -0.113. The third-order valence-corrected chi connectivity index (χ3v) is 3.87. The quantitative estimate of drug-likeness (QED) is 0.435. The SMILES string of the molecule is COCc1cc(=O)[nH]c(SCC(=O)Nc2ccc(C(=O)OC)cc2)n1. The number of hydrogen-bond acceptors (Lipinski definition) is 7. The molecule has 0 bridgehead atoms. The summed E-state index contributed by atoms with van der Waals surface area (Å²) in [7, 11) is 2.81. The molecule has 1 heterocycles. The molecule has 8 nitrogen and oxygen atoms in total. The van der Waals surface area contributed by atoms with Gasteiger partial charge in [0.25, 0.3) is 5.56 Å². The van der Waals surface area contributed by atoms with E-state index in [-0.39, 0.29) is 23.8 Å². The standard InChI is InChI=1S/C16H17N3O5S/c1-23-8-12-7-13(20)19-16(18-12)25-9-14(21)17-11-5-3-10(4-6-11)15(22)24-2/h3-7H,8-9H2,1-2H3,(H,17,21)(H,18,19,20). The van der Waals surface area contributed by atoms with E-state index >= 15 is 0 Å². The first-order valence-corrected chi connectivity index (χ1v) is 8.20. The molecule has 0 aliphatic rings. The number of amides is 1. The van der Waals surface area contributed by atoms with E-state index in [4.69, 9.17) is 4.74 Å². The molecule has 25 heavy (non-hydrogen) atoms. The summed E-state index contributed by atoms with van der Waals surface area (Å²) in [5.74, 6) is -0.645. The van der Waals surface area contributed by atoms with Crippen molar-refractivity contribution in [3.05, 3.63) is 51.9 Å². The number of hydrogen-bond donors (Lipinski definition) is 2. The average Bonchev–Trinajstić information content (AvgIpc) is 2.60. The molecule has 1 aromatic heterocycles. The normalized spacial score (nSPS) is 10.3. The van der Waals surface area contributed by atoms with E-state index in [0.29, 0.717) is 22.1 Å². The average molecular weight is 363 g/mol. The summed E-state index contributed by atoms with van der Waals surface area (Å²) in [5.41, 5.74) is 1.13. The highest BCUT2D eigenvalue weighted by molar-refractivity contribution is 7.99. The first-order valence-electron chi connectivity index (χ1n) is 7.22. The Morgan fingerprint density at radius 1 is 1.24 bits per heavy atom. The number of aromatic nitrogens is 2. The molecule has 2 N–H and O–H groups in total. The van der Waals surface area contributed by atoms with Crippen LogP contribution in [0.15, 0.2) is 40.3 Å². The molecule has 1 aromatic carbocycles. The zero-order valence-corrected chi connectivity index (χ0v) is 14.5. The fourth-order valence-corrected chi connectivity index (χ4v) is 2.61. The number of methoxy groups -OCH3 is 2. The second kappa shape index (κ2) is 9.00. The van der Waals surface area contributed by atoms with Crippen molar-refractivity contribution in [2.75, 3.05) is 25.3 Å². The van der Waals surface area contributed by atoms with Crippen molar-refractivity contribution in [2.24, 2.45) is 0 Å². The highest BCUT2D eigenvalue weighted by Gasteiger charge is 2.08. The van der Waals surface area contributed by atoms with Gasteiger partial charge in [0.15, 0.2) is 5.16 Å². The topological polar surface area (TPSA) is 110 Å². The summed E-state index contributed by atoms with van der Waals surface area (Å²) >= 11 is 1.11. The Labute approximate surface area is 148 Å². The van der Waals surface area contributed by atoms with Crippen molar-refractivity contribution in [2.45, 2.75) is 11.8 Å². The monoisotopic (exact) mass is 363 g/mol. The van der Waals surface area contributed by atoms with Crippen LogP contribution >= 0.6 is 11.8 Å². The van der Waals surface area contributed by atoms with Gasteiger partial charge in [0.1, 0.15) is 0 Å². The fourth-order valence-electron chi connectivity index (χ4n) is 1.91. The minimum Gasteiger partial charge on any atom is -0.465 e. The number of carbonyl (C=O) groups is 2. The molecular weight excluding hydrogens is 346 g/mol. The zero-order valence-electron chi connectivity index (χ0n) is 13.7. The summed E-state index contributed by atoms with van der Waals surface area (Å²) in [5, 5.41) is 3.04. The van der Waals surface area contributed by atoms with Crippen LogP contribution in [0.25, 0.3) is 0 Å². The van der Waals surface area contributed by atoms with E-state index in [9.17, 15) is 14.4 Å². The first kappa shape index (κ1) is 18.7. The van der Waals surface area contributed by atoms with Gasteiger partial charge in [-0.25, -0.2) is 9.78 Å². The van der Waals surface area contributed by atoms with Gasteiger partial charge in [0.2, 0.25) is 5.91 Å². The molecule has 2 aromatic rings. The Morgan fingerprint density at radius 3 is 2.60 bits per heavy atom. The van der Waals surface area contributed by atoms with Crippen LogP contribution < -0.4 is 10.9 Å². The minimum absolute atomic E-state index is 0.0676. The number of anilines is 1. The molecule has 0 aliphatic heterocycles. The Bertz CT molecular complexity index is 804. The fraction of sp³-hybridized carbons (Fsp3) is 0.250. The van der Waals surface area contributed by atoms with E-state index < -0.39 is 5.97 Å². The third-order valence-electron chi connectivity index (χ3n) is 2.99. The van der Waals surface area contributed by atoms with Crippen LogP contribution in [-0.2, 0) is 20.9 Å². The lowest BCUT2D eigenvalue weighted by Gasteiger charge is -2.06. The van der Waals surface area contributed by atoms with Crippen molar-refractivity contribution < 1.29 is 19.1 Å². The second-order valence-corrected chi connectivity index (χ2v) is 5.84. The number of nitrogens with one attached hydrogen (secondary N) is 2. The van der Waals surface area contributed by atoms with Gasteiger partial charge < -0.3 is 19.8 Å². The Hall–Kier alpha value is -2.65. The molecule has 2 rings (SSSR count). The Morgan fingerprint density at radius 2 is 1.96 bits per heavy atom. The van der Waals surface area contributed by atoms with Gasteiger partial charge >= 0.3 is 5.97 Å². The van der Waals surface area contributed by atoms with Gasteiger partial charge in [-0.1, -0.05) is 11.8 Å². The van der Waals surface area contributed by atoms with Gasteiger partial charge in [-0.3, -0.25) is 9.59 Å². The molecule has 1 amide bonds. The summed E-state index contributed by atoms with van der Waals surface area (Å²) in [6, 6.07) is 7.67. The molecule has 0 unspecified atom stereocenters. The summed E-state index contributed by atoms with van der Waals surface area (Å²) < 4.78 is 9.55. The third kappa shape index (κ3) is 5.73. The van der Waals surface area contributed by atoms with Crippen molar-refractivity contribution in [1.29, 1.82) is 0 Å². The molecule has 0 atom stereocenters. The zero-order chi connectivity index (χ0) is 18.2. The van der Waals surface area contributed by atoms with Crippen LogP contribution in [0.1, 0.15) is 16.1 Å². The number of esters is 1. The summed E-state index contributed by atoms with van der Waals surface area (Å²) in [4.78, 5) is 41.6. The van der Waals surface area contributed by atoms with Gasteiger partial charge in [0.05, 0.1) is 30.7 Å². The lowest BCUT2D eigenvalue weighted by atomic mass is 10.2. The van der Waals surface area contributed by atoms with Gasteiger partial charge in [-0.2, -0.15) is 0 Å². The number of nitrogens with zero attached hydrogens (tertiary/aromatic N) is 1. The van der Waals surface area contributed by atoms with Crippen LogP contribution in [-0.4, -0.2) is 41.8 Å². The highest BCUT2D eigenvalue weighted by atomic mass is 32.2. The van der Waals surface area contributed by atoms with Crippen molar-refractivity contribution in [3.63, 3.8) is 0 Å². The lowest BCUT2D eigenvalue weighted by Crippen LogP contribution is -2.16. The molecule has 9 heteroatoms. The number of thioether (sulfide) groups is 1. The van der Waals surface area contributed by atoms with Crippen molar-refractivity contribution in [1.82, 2.24) is 9.97 Å². The Kier molecular flexibility index (Phi) is 6.72. The van der Waals surface area contributed by atoms with Crippen LogP contribution in [0.3, 0.4) is 0 Å². The van der Waals surface area contributed by atoms with Gasteiger partial charge in [0, 0.05) is 18.9 Å². The number of benzene rings is 1. The minimum atomic E-state index is -0.445. The predicted molar refractivity (Wildman–Crippen MR) is 92.7 cm³/mol. The van der Waals surface area contributed by atoms with E-state index in [2.05, 4.69) is 20.0 Å².